The molecule has 0 aliphatic heterocycles. The fraction of sp³-hybridized carbons (Fsp3) is 0.0588. The average Bonchev–Trinajstić information content (AvgIpc) is 3.25. The van der Waals surface area contributed by atoms with Gasteiger partial charge >= 0.3 is 5.91 Å². The number of hydrazone groups is 1. The summed E-state index contributed by atoms with van der Waals surface area (Å²) in [5.41, 5.74) is 3.70. The van der Waals surface area contributed by atoms with Crippen molar-refractivity contribution in [3.8, 4) is 6.07 Å². The van der Waals surface area contributed by atoms with Crippen LogP contribution >= 0.6 is 11.6 Å². The van der Waals surface area contributed by atoms with Crippen LogP contribution in [0, 0.1) is 11.3 Å². The molecule has 8 heteroatoms. The molecule has 1 aromatic carbocycles. The van der Waals surface area contributed by atoms with Crippen molar-refractivity contribution < 1.29 is 9.21 Å². The Hall–Kier alpha value is -3.37. The summed E-state index contributed by atoms with van der Waals surface area (Å²) in [5.74, 6) is 0.251. The van der Waals surface area contributed by atoms with Crippen LogP contribution in [0.2, 0.25) is 5.02 Å². The maximum absolute atomic E-state index is 12.0. The Morgan fingerprint density at radius 2 is 2.16 bits per heavy atom. The van der Waals surface area contributed by atoms with Gasteiger partial charge in [0.1, 0.15) is 5.76 Å². The molecule has 0 unspecified atom stereocenters. The minimum Gasteiger partial charge on any atom is -0.454 e. The van der Waals surface area contributed by atoms with Crippen LogP contribution in [0.15, 0.2) is 58.3 Å². The fourth-order valence-corrected chi connectivity index (χ4v) is 2.19. The quantitative estimate of drug-likeness (QED) is 0.563. The smallest absolute Gasteiger partial charge is 0.307 e. The van der Waals surface area contributed by atoms with Gasteiger partial charge < -0.3 is 4.42 Å². The Labute approximate surface area is 148 Å². The topological polar surface area (TPSA) is 96.2 Å². The third kappa shape index (κ3) is 4.34. The molecule has 2 aromatic heterocycles. The lowest BCUT2D eigenvalue weighted by atomic mass is 10.2. The van der Waals surface area contributed by atoms with Crippen LogP contribution in [0.3, 0.4) is 0 Å². The summed E-state index contributed by atoms with van der Waals surface area (Å²) in [6.07, 6.45) is 4.66. The lowest BCUT2D eigenvalue weighted by molar-refractivity contribution is 0.0925. The van der Waals surface area contributed by atoms with E-state index >= 15 is 0 Å². The number of carbonyl (C=O) groups is 1. The molecule has 0 saturated carbocycles. The van der Waals surface area contributed by atoms with Crippen molar-refractivity contribution in [1.82, 2.24) is 15.2 Å². The second kappa shape index (κ2) is 7.47. The van der Waals surface area contributed by atoms with Gasteiger partial charge in [-0.25, -0.2) is 5.43 Å². The van der Waals surface area contributed by atoms with Crippen LogP contribution in [0.25, 0.3) is 0 Å². The van der Waals surface area contributed by atoms with E-state index in [2.05, 4.69) is 15.6 Å². The van der Waals surface area contributed by atoms with E-state index in [0.29, 0.717) is 22.9 Å². The van der Waals surface area contributed by atoms with Crippen molar-refractivity contribution in [3.05, 3.63) is 76.5 Å². The highest BCUT2D eigenvalue weighted by atomic mass is 35.5. The molecule has 0 atom stereocenters. The Balaban J connectivity index is 1.57. The number of amides is 1. The van der Waals surface area contributed by atoms with Crippen LogP contribution in [-0.2, 0) is 6.54 Å². The number of aromatic nitrogens is 2. The van der Waals surface area contributed by atoms with E-state index in [1.807, 2.05) is 6.07 Å². The molecule has 2 heterocycles. The molecule has 3 rings (SSSR count). The van der Waals surface area contributed by atoms with Gasteiger partial charge in [-0.2, -0.15) is 15.5 Å². The lowest BCUT2D eigenvalue weighted by Gasteiger charge is -1.98. The summed E-state index contributed by atoms with van der Waals surface area (Å²) in [4.78, 5) is 12.0. The number of hydrogen-bond donors (Lipinski definition) is 1. The van der Waals surface area contributed by atoms with E-state index in [1.54, 1.807) is 47.3 Å². The first-order chi connectivity index (χ1) is 12.1. The molecule has 7 nitrogen and oxygen atoms in total. The van der Waals surface area contributed by atoms with Gasteiger partial charge in [-0.3, -0.25) is 9.48 Å². The largest absolute Gasteiger partial charge is 0.454 e. The Kier molecular flexibility index (Phi) is 4.92. The number of hydrogen-bond acceptors (Lipinski definition) is 5. The van der Waals surface area contributed by atoms with Gasteiger partial charge in [0, 0.05) is 6.20 Å². The molecule has 0 radical (unpaired) electrons. The number of nitrogens with one attached hydrogen (secondary N) is 1. The third-order valence-electron chi connectivity index (χ3n) is 3.22. The van der Waals surface area contributed by atoms with E-state index in [4.69, 9.17) is 21.3 Å². The second-order valence-electron chi connectivity index (χ2n) is 5.06. The summed E-state index contributed by atoms with van der Waals surface area (Å²) in [6.45, 7) is 0.370. The minimum atomic E-state index is -0.463. The van der Waals surface area contributed by atoms with E-state index in [-0.39, 0.29) is 5.76 Å². The molecule has 1 N–H and O–H groups in total. The van der Waals surface area contributed by atoms with E-state index in [0.717, 1.165) is 5.56 Å². The van der Waals surface area contributed by atoms with Gasteiger partial charge in [0.2, 0.25) is 0 Å². The van der Waals surface area contributed by atoms with Gasteiger partial charge in [-0.15, -0.1) is 0 Å². The van der Waals surface area contributed by atoms with Gasteiger partial charge in [-0.1, -0.05) is 23.7 Å². The molecule has 0 aliphatic rings. The standard InChI is InChI=1S/C17H12ClN5O2/c18-14-9-21-23(10-14)11-15-5-6-16(25-15)17(24)22-20-8-13-3-1-12(7-19)2-4-13/h1-6,8-10H,11H2,(H,22,24)/b20-8+. The number of nitriles is 1. The third-order valence-corrected chi connectivity index (χ3v) is 3.42. The molecule has 3 aromatic rings. The van der Waals surface area contributed by atoms with Gasteiger partial charge in [-0.05, 0) is 29.8 Å². The molecule has 0 bridgehead atoms. The summed E-state index contributed by atoms with van der Waals surface area (Å²) < 4.78 is 7.07. The second-order valence-corrected chi connectivity index (χ2v) is 5.49. The Morgan fingerprint density at radius 1 is 1.36 bits per heavy atom. The average molecular weight is 354 g/mol. The van der Waals surface area contributed by atoms with Crippen molar-refractivity contribution in [2.45, 2.75) is 6.54 Å². The number of carbonyl (C=O) groups excluding carboxylic acids is 1. The zero-order valence-electron chi connectivity index (χ0n) is 12.9. The highest BCUT2D eigenvalue weighted by molar-refractivity contribution is 6.30. The minimum absolute atomic E-state index is 0.144. The SMILES string of the molecule is N#Cc1ccc(/C=N/NC(=O)c2ccc(Cn3cc(Cl)cn3)o2)cc1. The van der Waals surface area contributed by atoms with Crippen LogP contribution in [0.5, 0.6) is 0 Å². The van der Waals surface area contributed by atoms with Crippen LogP contribution in [0.4, 0.5) is 0 Å². The van der Waals surface area contributed by atoms with Crippen molar-refractivity contribution in [2.24, 2.45) is 5.10 Å². The predicted molar refractivity (Wildman–Crippen MR) is 91.3 cm³/mol. The van der Waals surface area contributed by atoms with Crippen LogP contribution in [-0.4, -0.2) is 21.9 Å². The van der Waals surface area contributed by atoms with Gasteiger partial charge in [0.15, 0.2) is 5.76 Å². The van der Waals surface area contributed by atoms with Gasteiger partial charge in [0.25, 0.3) is 0 Å². The molecule has 0 aliphatic carbocycles. The summed E-state index contributed by atoms with van der Waals surface area (Å²) in [7, 11) is 0. The molecule has 0 fully saturated rings. The number of benzene rings is 1. The van der Waals surface area contributed by atoms with Crippen molar-refractivity contribution in [3.63, 3.8) is 0 Å². The van der Waals surface area contributed by atoms with Crippen molar-refractivity contribution >= 4 is 23.7 Å². The predicted octanol–water partition coefficient (Wildman–Crippen LogP) is 2.81. The van der Waals surface area contributed by atoms with E-state index < -0.39 is 5.91 Å². The summed E-state index contributed by atoms with van der Waals surface area (Å²) in [5, 5.41) is 17.2. The Morgan fingerprint density at radius 3 is 2.84 bits per heavy atom. The number of nitrogens with zero attached hydrogens (tertiary/aromatic N) is 4. The van der Waals surface area contributed by atoms with E-state index in [9.17, 15) is 4.79 Å². The first-order valence-electron chi connectivity index (χ1n) is 7.24. The first-order valence-corrected chi connectivity index (χ1v) is 7.62. The molecule has 25 heavy (non-hydrogen) atoms. The molecule has 124 valence electrons. The number of halogens is 1. The molecule has 0 saturated heterocycles. The summed E-state index contributed by atoms with van der Waals surface area (Å²) in [6, 6.07) is 12.1. The fourth-order valence-electron chi connectivity index (χ4n) is 2.03. The zero-order chi connectivity index (χ0) is 17.6. The van der Waals surface area contributed by atoms with Crippen LogP contribution < -0.4 is 5.43 Å². The molecular weight excluding hydrogens is 342 g/mol. The molecule has 0 spiro atoms. The number of rotatable bonds is 5. The highest BCUT2D eigenvalue weighted by Gasteiger charge is 2.11. The maximum Gasteiger partial charge on any atom is 0.307 e. The highest BCUT2D eigenvalue weighted by Crippen LogP contribution is 2.11. The van der Waals surface area contributed by atoms with Crippen molar-refractivity contribution in [2.75, 3.05) is 0 Å². The molecule has 1 amide bonds. The molecular formula is C17H12ClN5O2. The Bertz CT molecular complexity index is 950. The first kappa shape index (κ1) is 16.5. The van der Waals surface area contributed by atoms with E-state index in [1.165, 1.54) is 12.4 Å². The van der Waals surface area contributed by atoms with Crippen molar-refractivity contribution in [1.29, 1.82) is 5.26 Å². The number of furan rings is 1. The normalized spacial score (nSPS) is 10.7. The van der Waals surface area contributed by atoms with Gasteiger partial charge in [0.05, 0.1) is 35.6 Å². The summed E-state index contributed by atoms with van der Waals surface area (Å²) >= 11 is 5.80. The monoisotopic (exact) mass is 353 g/mol. The van der Waals surface area contributed by atoms with Crippen LogP contribution in [0.1, 0.15) is 27.4 Å². The zero-order valence-corrected chi connectivity index (χ0v) is 13.6. The lowest BCUT2D eigenvalue weighted by Crippen LogP contribution is -2.16. The maximum atomic E-state index is 12.0.